The molecule has 1 aromatic heterocycles. The molecule has 0 fully saturated rings. The molecule has 0 saturated carbocycles. The molecule has 1 N–H and O–H groups in total. The maximum absolute atomic E-state index is 10.9. The van der Waals surface area contributed by atoms with Crippen molar-refractivity contribution in [1.29, 1.82) is 0 Å². The fraction of sp³-hybridized carbons (Fsp3) is 0. The quantitative estimate of drug-likeness (QED) is 0.789. The molecule has 2 rings (SSSR count). The first kappa shape index (κ1) is 9.56. The molecule has 14 heavy (non-hydrogen) atoms. The Morgan fingerprint density at radius 1 is 1.29 bits per heavy atom. The largest absolute Gasteiger partial charge is 0.296 e. The maximum Gasteiger partial charge on any atom is 0.296 e. The average molecular weight is 279 g/mol. The number of hydrogen-bond donors (Lipinski definition) is 1. The molecular formula is C6H3BrN2O4S. The first-order valence-corrected chi connectivity index (χ1v) is 5.62. The molecular weight excluding hydrogens is 276 g/mol. The molecule has 0 bridgehead atoms. The van der Waals surface area contributed by atoms with Gasteiger partial charge in [0.05, 0.1) is 0 Å². The third kappa shape index (κ3) is 1.41. The molecule has 0 atom stereocenters. The minimum atomic E-state index is -4.30. The van der Waals surface area contributed by atoms with E-state index < -0.39 is 10.1 Å². The lowest BCUT2D eigenvalue weighted by molar-refractivity contribution is 0.315. The van der Waals surface area contributed by atoms with Gasteiger partial charge in [0.2, 0.25) is 0 Å². The first-order chi connectivity index (χ1) is 6.50. The van der Waals surface area contributed by atoms with E-state index in [0.717, 1.165) is 0 Å². The highest BCUT2D eigenvalue weighted by Crippen LogP contribution is 2.26. The number of halogens is 1. The predicted octanol–water partition coefficient (Wildman–Crippen LogP) is 1.23. The van der Waals surface area contributed by atoms with Crippen LogP contribution in [0.5, 0.6) is 0 Å². The molecule has 0 amide bonds. The summed E-state index contributed by atoms with van der Waals surface area (Å²) in [5, 5.41) is 6.87. The molecule has 0 aliphatic carbocycles. The molecule has 0 aliphatic heterocycles. The Morgan fingerprint density at radius 2 is 1.93 bits per heavy atom. The smallest absolute Gasteiger partial charge is 0.282 e. The lowest BCUT2D eigenvalue weighted by Crippen LogP contribution is -1.99. The SMILES string of the molecule is O=S(=O)(O)c1ccc(Br)c2nonc12. The fourth-order valence-electron chi connectivity index (χ4n) is 1.02. The zero-order valence-electron chi connectivity index (χ0n) is 6.51. The number of rotatable bonds is 1. The number of aromatic nitrogens is 2. The van der Waals surface area contributed by atoms with Crippen molar-refractivity contribution in [2.24, 2.45) is 0 Å². The van der Waals surface area contributed by atoms with Gasteiger partial charge in [0.1, 0.15) is 4.90 Å². The average Bonchev–Trinajstić information content (AvgIpc) is 2.50. The van der Waals surface area contributed by atoms with Crippen LogP contribution in [0.2, 0.25) is 0 Å². The monoisotopic (exact) mass is 278 g/mol. The van der Waals surface area contributed by atoms with Crippen LogP contribution in [0.1, 0.15) is 0 Å². The molecule has 0 spiro atoms. The van der Waals surface area contributed by atoms with Gasteiger partial charge in [-0.05, 0) is 38.4 Å². The second kappa shape index (κ2) is 3.01. The summed E-state index contributed by atoms with van der Waals surface area (Å²) in [4.78, 5) is -0.322. The number of hydrogen-bond acceptors (Lipinski definition) is 5. The summed E-state index contributed by atoms with van der Waals surface area (Å²) < 4.78 is 35.5. The molecule has 0 saturated heterocycles. The van der Waals surface area contributed by atoms with E-state index >= 15 is 0 Å². The predicted molar refractivity (Wildman–Crippen MR) is 49.3 cm³/mol. The Morgan fingerprint density at radius 3 is 2.57 bits per heavy atom. The molecule has 0 aliphatic rings. The molecule has 1 heterocycles. The highest BCUT2D eigenvalue weighted by atomic mass is 79.9. The summed E-state index contributed by atoms with van der Waals surface area (Å²) in [5.74, 6) is 0. The van der Waals surface area contributed by atoms with Gasteiger partial charge in [-0.25, -0.2) is 4.63 Å². The van der Waals surface area contributed by atoms with Gasteiger partial charge < -0.3 is 0 Å². The highest BCUT2D eigenvalue weighted by Gasteiger charge is 2.19. The van der Waals surface area contributed by atoms with E-state index in [0.29, 0.717) is 4.47 Å². The van der Waals surface area contributed by atoms with Gasteiger partial charge in [0, 0.05) is 4.47 Å². The summed E-state index contributed by atoms with van der Waals surface area (Å²) in [7, 11) is -4.30. The summed E-state index contributed by atoms with van der Waals surface area (Å²) >= 11 is 3.14. The normalized spacial score (nSPS) is 12.1. The van der Waals surface area contributed by atoms with Gasteiger partial charge >= 0.3 is 0 Å². The number of nitrogens with zero attached hydrogens (tertiary/aromatic N) is 2. The number of benzene rings is 1. The van der Waals surface area contributed by atoms with Crippen molar-refractivity contribution in [1.82, 2.24) is 10.3 Å². The Bertz CT molecular complexity index is 591. The molecule has 74 valence electrons. The van der Waals surface area contributed by atoms with Crippen LogP contribution in [0.4, 0.5) is 0 Å². The van der Waals surface area contributed by atoms with Crippen LogP contribution in [0, 0.1) is 0 Å². The van der Waals surface area contributed by atoms with Crippen molar-refractivity contribution in [2.45, 2.75) is 4.90 Å². The Hall–Kier alpha value is -0.990. The number of fused-ring (bicyclic) bond motifs is 1. The van der Waals surface area contributed by atoms with Crippen molar-refractivity contribution >= 4 is 37.1 Å². The van der Waals surface area contributed by atoms with Crippen molar-refractivity contribution in [3.05, 3.63) is 16.6 Å². The van der Waals surface area contributed by atoms with Crippen LogP contribution >= 0.6 is 15.9 Å². The second-order valence-electron chi connectivity index (χ2n) is 2.48. The Kier molecular flexibility index (Phi) is 2.05. The van der Waals surface area contributed by atoms with Gasteiger partial charge in [-0.2, -0.15) is 8.42 Å². The van der Waals surface area contributed by atoms with E-state index in [9.17, 15) is 8.42 Å². The zero-order chi connectivity index (χ0) is 10.3. The van der Waals surface area contributed by atoms with Crippen LogP contribution in [0.25, 0.3) is 11.0 Å². The van der Waals surface area contributed by atoms with Crippen LogP contribution < -0.4 is 0 Å². The van der Waals surface area contributed by atoms with Crippen LogP contribution in [0.3, 0.4) is 0 Å². The highest BCUT2D eigenvalue weighted by molar-refractivity contribution is 9.10. The van der Waals surface area contributed by atoms with Gasteiger partial charge in [-0.3, -0.25) is 4.55 Å². The van der Waals surface area contributed by atoms with Crippen molar-refractivity contribution in [2.75, 3.05) is 0 Å². The molecule has 1 aromatic carbocycles. The van der Waals surface area contributed by atoms with E-state index in [1.807, 2.05) is 0 Å². The standard InChI is InChI=1S/C6H3BrN2O4S/c7-3-1-2-4(14(10,11)12)6-5(3)8-13-9-6/h1-2H,(H,10,11,12). The molecule has 0 unspecified atom stereocenters. The lowest BCUT2D eigenvalue weighted by atomic mass is 10.3. The zero-order valence-corrected chi connectivity index (χ0v) is 8.91. The van der Waals surface area contributed by atoms with E-state index in [-0.39, 0.29) is 15.9 Å². The summed E-state index contributed by atoms with van der Waals surface area (Å²) in [5.41, 5.74) is 0.252. The van der Waals surface area contributed by atoms with E-state index in [2.05, 4.69) is 30.9 Å². The van der Waals surface area contributed by atoms with Crippen LogP contribution in [0.15, 0.2) is 26.1 Å². The lowest BCUT2D eigenvalue weighted by Gasteiger charge is -1.96. The van der Waals surface area contributed by atoms with Crippen molar-refractivity contribution in [3.8, 4) is 0 Å². The van der Waals surface area contributed by atoms with E-state index in [4.69, 9.17) is 4.55 Å². The van der Waals surface area contributed by atoms with Gasteiger partial charge in [0.15, 0.2) is 11.0 Å². The summed E-state index contributed by atoms with van der Waals surface area (Å²) in [6.45, 7) is 0. The van der Waals surface area contributed by atoms with Gasteiger partial charge in [-0.1, -0.05) is 0 Å². The van der Waals surface area contributed by atoms with Crippen molar-refractivity contribution < 1.29 is 17.6 Å². The second-order valence-corrected chi connectivity index (χ2v) is 4.73. The van der Waals surface area contributed by atoms with Crippen LogP contribution in [-0.4, -0.2) is 23.3 Å². The third-order valence-electron chi connectivity index (χ3n) is 1.61. The minimum absolute atomic E-state index is 0.00174. The third-order valence-corrected chi connectivity index (χ3v) is 3.13. The van der Waals surface area contributed by atoms with Crippen molar-refractivity contribution in [3.63, 3.8) is 0 Å². The van der Waals surface area contributed by atoms with E-state index in [1.54, 1.807) is 0 Å². The molecule has 2 aromatic rings. The first-order valence-electron chi connectivity index (χ1n) is 3.38. The van der Waals surface area contributed by atoms with Gasteiger partial charge in [0.25, 0.3) is 10.1 Å². The summed E-state index contributed by atoms with van der Waals surface area (Å²) in [6.07, 6.45) is 0. The molecule has 8 heteroatoms. The fourth-order valence-corrected chi connectivity index (χ4v) is 2.03. The Labute approximate surface area is 86.7 Å². The molecule has 6 nitrogen and oxygen atoms in total. The van der Waals surface area contributed by atoms with Crippen LogP contribution in [-0.2, 0) is 10.1 Å². The molecule has 0 radical (unpaired) electrons. The van der Waals surface area contributed by atoms with Gasteiger partial charge in [-0.15, -0.1) is 0 Å². The summed E-state index contributed by atoms with van der Waals surface area (Å²) in [6, 6.07) is 2.65. The maximum atomic E-state index is 10.9. The van der Waals surface area contributed by atoms with E-state index in [1.165, 1.54) is 12.1 Å². The minimum Gasteiger partial charge on any atom is -0.282 e. The Balaban J connectivity index is 2.93. The topological polar surface area (TPSA) is 93.3 Å².